The van der Waals surface area contributed by atoms with Crippen LogP contribution in [0, 0.1) is 5.41 Å². The van der Waals surface area contributed by atoms with E-state index < -0.39 is 0 Å². The molecule has 0 fully saturated rings. The van der Waals surface area contributed by atoms with E-state index in [4.69, 9.17) is 5.73 Å². The van der Waals surface area contributed by atoms with Crippen molar-refractivity contribution in [1.29, 1.82) is 0 Å². The molecule has 0 saturated heterocycles. The second kappa shape index (κ2) is 5.71. The van der Waals surface area contributed by atoms with Crippen LogP contribution in [0.15, 0.2) is 47.6 Å². The van der Waals surface area contributed by atoms with E-state index in [0.29, 0.717) is 0 Å². The van der Waals surface area contributed by atoms with Gasteiger partial charge in [0.05, 0.1) is 0 Å². The third kappa shape index (κ3) is 5.05. The van der Waals surface area contributed by atoms with Crippen LogP contribution in [0.1, 0.15) is 48.5 Å². The lowest BCUT2D eigenvalue weighted by atomic mass is 9.86. The van der Waals surface area contributed by atoms with E-state index in [9.17, 15) is 0 Å². The zero-order chi connectivity index (χ0) is 14.7. The molecule has 0 aliphatic heterocycles. The largest absolute Gasteiger partial charge is 0.322 e. The molecule has 0 spiro atoms. The summed E-state index contributed by atoms with van der Waals surface area (Å²) in [5, 5.41) is 0. The molecule has 0 unspecified atom stereocenters. The summed E-state index contributed by atoms with van der Waals surface area (Å²) in [4.78, 5) is 0. The number of hydrogen-bond acceptors (Lipinski definition) is 1. The lowest BCUT2D eigenvalue weighted by molar-refractivity contribution is 0.519. The molecule has 0 radical (unpaired) electrons. The lowest BCUT2D eigenvalue weighted by Crippen LogP contribution is -2.34. The second-order valence-corrected chi connectivity index (χ2v) is 6.62. The molecule has 0 aromatic heterocycles. The van der Waals surface area contributed by atoms with E-state index in [1.807, 2.05) is 13.8 Å². The van der Waals surface area contributed by atoms with Crippen LogP contribution >= 0.6 is 0 Å². The third-order valence-corrected chi connectivity index (χ3v) is 3.32. The quantitative estimate of drug-likeness (QED) is 0.711. The van der Waals surface area contributed by atoms with Gasteiger partial charge in [-0.2, -0.15) is 0 Å². The topological polar surface area (TPSA) is 26.0 Å². The monoisotopic (exact) mass is 247 g/mol. The normalized spacial score (nSPS) is 14.7. The van der Waals surface area contributed by atoms with Crippen molar-refractivity contribution >= 4 is 0 Å². The predicted molar refractivity (Wildman–Crippen MR) is 83.5 cm³/mol. The van der Waals surface area contributed by atoms with Crippen LogP contribution in [0.3, 0.4) is 0 Å². The van der Waals surface area contributed by atoms with E-state index in [1.54, 1.807) is 0 Å². The van der Waals surface area contributed by atoms with Gasteiger partial charge in [0.25, 0.3) is 0 Å². The molecular weight excluding hydrogens is 218 g/mol. The number of hydrogen-bond donors (Lipinski definition) is 1. The summed E-state index contributed by atoms with van der Waals surface area (Å²) < 4.78 is 0. The predicted octanol–water partition coefficient (Wildman–Crippen LogP) is 4.77. The Morgan fingerprint density at radius 3 is 1.72 bits per heavy atom. The summed E-state index contributed by atoms with van der Waals surface area (Å²) in [5.74, 6) is 0. The molecule has 102 valence electrons. The summed E-state index contributed by atoms with van der Waals surface area (Å²) in [6, 6.07) is 0. The van der Waals surface area contributed by atoms with Gasteiger partial charge in [-0.25, -0.2) is 0 Å². The van der Waals surface area contributed by atoms with Gasteiger partial charge in [-0.3, -0.25) is 0 Å². The van der Waals surface area contributed by atoms with E-state index in [1.165, 1.54) is 5.57 Å². The fourth-order valence-corrected chi connectivity index (χ4v) is 1.32. The fraction of sp³-hybridized carbons (Fsp3) is 0.529. The first-order valence-corrected chi connectivity index (χ1v) is 6.41. The maximum absolute atomic E-state index is 6.07. The molecule has 0 atom stereocenters. The Bertz CT molecular complexity index is 392. The van der Waals surface area contributed by atoms with Crippen molar-refractivity contribution in [2.75, 3.05) is 0 Å². The van der Waals surface area contributed by atoms with Crippen LogP contribution in [-0.2, 0) is 0 Å². The first-order valence-electron chi connectivity index (χ1n) is 6.41. The summed E-state index contributed by atoms with van der Waals surface area (Å²) in [7, 11) is 0. The molecule has 2 N–H and O–H groups in total. The Morgan fingerprint density at radius 2 is 1.39 bits per heavy atom. The molecule has 0 rings (SSSR count). The lowest BCUT2D eigenvalue weighted by Gasteiger charge is -2.24. The van der Waals surface area contributed by atoms with Gasteiger partial charge in [-0.1, -0.05) is 46.1 Å². The molecule has 18 heavy (non-hydrogen) atoms. The average Bonchev–Trinajstić information content (AvgIpc) is 2.20. The van der Waals surface area contributed by atoms with Crippen molar-refractivity contribution < 1.29 is 0 Å². The minimum Gasteiger partial charge on any atom is -0.322 e. The minimum absolute atomic E-state index is 0.106. The molecule has 0 bridgehead atoms. The van der Waals surface area contributed by atoms with Gasteiger partial charge in [-0.15, -0.1) is 0 Å². The molecule has 1 heteroatoms. The van der Waals surface area contributed by atoms with E-state index in [0.717, 1.165) is 16.7 Å². The molecule has 0 amide bonds. The summed E-state index contributed by atoms with van der Waals surface area (Å²) in [5.41, 5.74) is 10.2. The summed E-state index contributed by atoms with van der Waals surface area (Å²) in [6.07, 6.45) is 4.18. The summed E-state index contributed by atoms with van der Waals surface area (Å²) in [6.45, 7) is 22.8. The van der Waals surface area contributed by atoms with Crippen LogP contribution in [0.25, 0.3) is 0 Å². The van der Waals surface area contributed by atoms with Crippen LogP contribution in [0.2, 0.25) is 0 Å². The highest BCUT2D eigenvalue weighted by molar-refractivity contribution is 5.42. The average molecular weight is 247 g/mol. The Kier molecular flexibility index (Phi) is 5.36. The van der Waals surface area contributed by atoms with Gasteiger partial charge in [0, 0.05) is 5.54 Å². The maximum atomic E-state index is 6.07. The van der Waals surface area contributed by atoms with Gasteiger partial charge in [0.2, 0.25) is 0 Å². The van der Waals surface area contributed by atoms with Crippen LogP contribution < -0.4 is 5.73 Å². The highest BCUT2D eigenvalue weighted by Crippen LogP contribution is 2.26. The molecule has 0 aromatic rings. The Balaban J connectivity index is 5.07. The highest BCUT2D eigenvalue weighted by Gasteiger charge is 2.17. The third-order valence-electron chi connectivity index (χ3n) is 3.32. The zero-order valence-electron chi connectivity index (χ0n) is 13.1. The van der Waals surface area contributed by atoms with Crippen LogP contribution in [-0.4, -0.2) is 5.54 Å². The van der Waals surface area contributed by atoms with Gasteiger partial charge in [0.15, 0.2) is 0 Å². The van der Waals surface area contributed by atoms with E-state index in [2.05, 4.69) is 59.9 Å². The molecule has 0 saturated carbocycles. The molecule has 0 aliphatic rings. The highest BCUT2D eigenvalue weighted by atomic mass is 14.7. The van der Waals surface area contributed by atoms with E-state index in [-0.39, 0.29) is 11.0 Å². The SMILES string of the molecule is C=C(/C=C\C(C)=C(/C)C(=C)C(C)(C)N)C(C)(C)C. The van der Waals surface area contributed by atoms with Crippen molar-refractivity contribution in [3.8, 4) is 0 Å². The Morgan fingerprint density at radius 1 is 0.944 bits per heavy atom. The van der Waals surface area contributed by atoms with Gasteiger partial charge >= 0.3 is 0 Å². The Hall–Kier alpha value is -1.08. The van der Waals surface area contributed by atoms with Crippen molar-refractivity contribution in [3.05, 3.63) is 47.6 Å². The van der Waals surface area contributed by atoms with Crippen molar-refractivity contribution in [2.45, 2.75) is 54.0 Å². The first kappa shape index (κ1) is 16.9. The molecule has 0 aliphatic carbocycles. The molecule has 0 aromatic carbocycles. The molecule has 0 heterocycles. The maximum Gasteiger partial charge on any atom is 0.0349 e. The Labute approximate surface area is 113 Å². The number of nitrogens with two attached hydrogens (primary N) is 1. The molecular formula is C17H29N. The summed E-state index contributed by atoms with van der Waals surface area (Å²) >= 11 is 0. The van der Waals surface area contributed by atoms with Gasteiger partial charge in [-0.05, 0) is 55.4 Å². The second-order valence-electron chi connectivity index (χ2n) is 6.62. The van der Waals surface area contributed by atoms with Crippen LogP contribution in [0.4, 0.5) is 0 Å². The van der Waals surface area contributed by atoms with Gasteiger partial charge in [0.1, 0.15) is 0 Å². The van der Waals surface area contributed by atoms with E-state index >= 15 is 0 Å². The smallest absolute Gasteiger partial charge is 0.0349 e. The van der Waals surface area contributed by atoms with Gasteiger partial charge < -0.3 is 5.73 Å². The zero-order valence-corrected chi connectivity index (χ0v) is 13.1. The molecule has 1 nitrogen and oxygen atoms in total. The van der Waals surface area contributed by atoms with Crippen LogP contribution in [0.5, 0.6) is 0 Å². The number of allylic oxidation sites excluding steroid dienone is 4. The van der Waals surface area contributed by atoms with Crippen molar-refractivity contribution in [2.24, 2.45) is 11.1 Å². The number of rotatable bonds is 4. The van der Waals surface area contributed by atoms with Crippen molar-refractivity contribution in [3.63, 3.8) is 0 Å². The minimum atomic E-state index is -0.375. The standard InChI is InChI=1S/C17H29N/c1-12(10-11-13(2)16(5,6)7)14(3)15(4)17(8,9)18/h10-11H,2,4,18H2,1,3,5-9H3/b11-10-,14-12+. The van der Waals surface area contributed by atoms with Crippen molar-refractivity contribution in [1.82, 2.24) is 0 Å². The fourth-order valence-electron chi connectivity index (χ4n) is 1.32. The first-order chi connectivity index (χ1) is 7.87.